The van der Waals surface area contributed by atoms with Crippen LogP contribution in [0.1, 0.15) is 6.92 Å². The van der Waals surface area contributed by atoms with Gasteiger partial charge in [-0.25, -0.2) is 9.48 Å². The van der Waals surface area contributed by atoms with E-state index in [-0.39, 0.29) is 18.1 Å². The lowest BCUT2D eigenvalue weighted by molar-refractivity contribution is -0.121. The lowest BCUT2D eigenvalue weighted by Gasteiger charge is -2.00. The van der Waals surface area contributed by atoms with E-state index in [1.165, 1.54) is 4.57 Å². The summed E-state index contributed by atoms with van der Waals surface area (Å²) in [5.74, 6) is 0.199. The van der Waals surface area contributed by atoms with Gasteiger partial charge in [0.25, 0.3) is 0 Å². The van der Waals surface area contributed by atoms with Crippen molar-refractivity contribution in [1.29, 1.82) is 0 Å². The zero-order chi connectivity index (χ0) is 13.8. The van der Waals surface area contributed by atoms with Gasteiger partial charge in [-0.3, -0.25) is 14.3 Å². The van der Waals surface area contributed by atoms with E-state index in [2.05, 4.69) is 15.4 Å². The van der Waals surface area contributed by atoms with Crippen molar-refractivity contribution in [3.8, 4) is 11.5 Å². The molecule has 2 rings (SSSR count). The maximum Gasteiger partial charge on any atom is 0.346 e. The molecule has 0 atom stereocenters. The van der Waals surface area contributed by atoms with Crippen LogP contribution in [-0.2, 0) is 18.4 Å². The van der Waals surface area contributed by atoms with E-state index in [1.807, 2.05) is 13.0 Å². The Hall–Kier alpha value is -2.44. The maximum absolute atomic E-state index is 12.0. The van der Waals surface area contributed by atoms with E-state index in [0.29, 0.717) is 18.1 Å². The summed E-state index contributed by atoms with van der Waals surface area (Å²) < 4.78 is 2.51. The van der Waals surface area contributed by atoms with Gasteiger partial charge in [0.05, 0.1) is 0 Å². The number of nitrogens with one attached hydrogen (secondary N) is 1. The molecule has 0 spiro atoms. The number of pyridine rings is 1. The Bertz CT molecular complexity index is 629. The third-order valence-electron chi connectivity index (χ3n) is 2.60. The Kier molecular flexibility index (Phi) is 3.74. The van der Waals surface area contributed by atoms with Gasteiger partial charge in [-0.1, -0.05) is 6.07 Å². The number of amides is 1. The third-order valence-corrected chi connectivity index (χ3v) is 2.60. The molecule has 0 bridgehead atoms. The van der Waals surface area contributed by atoms with E-state index in [9.17, 15) is 9.59 Å². The predicted molar refractivity (Wildman–Crippen MR) is 69.4 cm³/mol. The minimum atomic E-state index is -0.341. The molecule has 19 heavy (non-hydrogen) atoms. The van der Waals surface area contributed by atoms with Gasteiger partial charge in [-0.05, 0) is 19.1 Å². The van der Waals surface area contributed by atoms with Gasteiger partial charge < -0.3 is 5.32 Å². The van der Waals surface area contributed by atoms with Crippen LogP contribution in [0.2, 0.25) is 0 Å². The quantitative estimate of drug-likeness (QED) is 0.825. The smallest absolute Gasteiger partial charge is 0.346 e. The molecule has 0 unspecified atom stereocenters. The average molecular weight is 261 g/mol. The van der Waals surface area contributed by atoms with Crippen LogP contribution in [0, 0.1) is 0 Å². The molecule has 0 aliphatic rings. The van der Waals surface area contributed by atoms with Crippen LogP contribution in [-0.4, -0.2) is 31.8 Å². The van der Waals surface area contributed by atoms with E-state index < -0.39 is 0 Å². The number of aromatic nitrogens is 4. The molecule has 0 saturated carbocycles. The van der Waals surface area contributed by atoms with E-state index in [1.54, 1.807) is 25.4 Å². The minimum absolute atomic E-state index is 0.0899. The Balaban J connectivity index is 2.34. The molecular weight excluding hydrogens is 246 g/mol. The van der Waals surface area contributed by atoms with Crippen LogP contribution in [0.25, 0.3) is 11.5 Å². The van der Waals surface area contributed by atoms with E-state index in [4.69, 9.17) is 0 Å². The standard InChI is InChI=1S/C12H15N5O2/c1-3-13-10(18)8-17-12(19)16(2)11(15-17)9-6-4-5-7-14-9/h4-7H,3,8H2,1-2H3,(H,13,18). The van der Waals surface area contributed by atoms with Crippen LogP contribution in [0.3, 0.4) is 0 Å². The second-order valence-corrected chi connectivity index (χ2v) is 3.99. The predicted octanol–water partition coefficient (Wildman–Crippen LogP) is -0.220. The average Bonchev–Trinajstić information content (AvgIpc) is 2.68. The molecule has 0 fully saturated rings. The Morgan fingerprint density at radius 1 is 1.42 bits per heavy atom. The second kappa shape index (κ2) is 5.47. The molecule has 0 aliphatic heterocycles. The normalized spacial score (nSPS) is 10.4. The summed E-state index contributed by atoms with van der Waals surface area (Å²) in [7, 11) is 1.60. The minimum Gasteiger partial charge on any atom is -0.355 e. The van der Waals surface area contributed by atoms with Gasteiger partial charge >= 0.3 is 5.69 Å². The SMILES string of the molecule is CCNC(=O)Cn1nc(-c2ccccn2)n(C)c1=O. The summed E-state index contributed by atoms with van der Waals surface area (Å²) in [5, 5.41) is 6.77. The first kappa shape index (κ1) is 13.0. The van der Waals surface area contributed by atoms with Crippen LogP contribution in [0.5, 0.6) is 0 Å². The van der Waals surface area contributed by atoms with Gasteiger partial charge in [-0.2, -0.15) is 0 Å². The highest BCUT2D eigenvalue weighted by atomic mass is 16.2. The molecule has 0 saturated heterocycles. The van der Waals surface area contributed by atoms with E-state index in [0.717, 1.165) is 4.68 Å². The first-order valence-corrected chi connectivity index (χ1v) is 5.95. The zero-order valence-corrected chi connectivity index (χ0v) is 10.8. The summed E-state index contributed by atoms with van der Waals surface area (Å²) in [5.41, 5.74) is 0.253. The molecule has 1 N–H and O–H groups in total. The fourth-order valence-corrected chi connectivity index (χ4v) is 1.70. The van der Waals surface area contributed by atoms with Crippen molar-refractivity contribution in [2.45, 2.75) is 13.5 Å². The molecule has 2 aromatic heterocycles. The zero-order valence-electron chi connectivity index (χ0n) is 10.8. The fraction of sp³-hybridized carbons (Fsp3) is 0.333. The summed E-state index contributed by atoms with van der Waals surface area (Å²) in [6.45, 7) is 2.25. The van der Waals surface area contributed by atoms with Crippen molar-refractivity contribution in [3.63, 3.8) is 0 Å². The van der Waals surface area contributed by atoms with E-state index >= 15 is 0 Å². The van der Waals surface area contributed by atoms with Crippen molar-refractivity contribution in [3.05, 3.63) is 34.9 Å². The largest absolute Gasteiger partial charge is 0.355 e. The van der Waals surface area contributed by atoms with Gasteiger partial charge in [0.2, 0.25) is 5.91 Å². The fourth-order valence-electron chi connectivity index (χ4n) is 1.70. The topological polar surface area (TPSA) is 81.8 Å². The van der Waals surface area contributed by atoms with Crippen molar-refractivity contribution in [2.24, 2.45) is 7.05 Å². The molecular formula is C12H15N5O2. The molecule has 1 amide bonds. The van der Waals surface area contributed by atoms with Crippen molar-refractivity contribution in [1.82, 2.24) is 24.6 Å². The van der Waals surface area contributed by atoms with Crippen LogP contribution in [0.4, 0.5) is 0 Å². The highest BCUT2D eigenvalue weighted by Gasteiger charge is 2.14. The first-order chi connectivity index (χ1) is 9.13. The number of hydrogen-bond donors (Lipinski definition) is 1. The molecule has 0 aromatic carbocycles. The summed E-state index contributed by atoms with van der Waals surface area (Å²) in [6, 6.07) is 5.36. The lowest BCUT2D eigenvalue weighted by atomic mass is 10.3. The van der Waals surface area contributed by atoms with Crippen molar-refractivity contribution < 1.29 is 4.79 Å². The van der Waals surface area contributed by atoms with Crippen molar-refractivity contribution in [2.75, 3.05) is 6.54 Å². The van der Waals surface area contributed by atoms with Gasteiger partial charge in [0, 0.05) is 19.8 Å². The molecule has 2 heterocycles. The summed E-state index contributed by atoms with van der Waals surface area (Å²) in [6.07, 6.45) is 1.63. The summed E-state index contributed by atoms with van der Waals surface area (Å²) in [4.78, 5) is 27.6. The molecule has 0 radical (unpaired) electrons. The number of likely N-dealkylation sites (N-methyl/N-ethyl adjacent to an activating group) is 1. The maximum atomic E-state index is 12.0. The lowest BCUT2D eigenvalue weighted by Crippen LogP contribution is -2.33. The number of hydrogen-bond acceptors (Lipinski definition) is 4. The highest BCUT2D eigenvalue weighted by Crippen LogP contribution is 2.10. The molecule has 100 valence electrons. The van der Waals surface area contributed by atoms with Crippen LogP contribution in [0.15, 0.2) is 29.2 Å². The number of rotatable bonds is 4. The molecule has 7 heteroatoms. The molecule has 0 aliphatic carbocycles. The number of carbonyl (C=O) groups is 1. The first-order valence-electron chi connectivity index (χ1n) is 5.95. The van der Waals surface area contributed by atoms with Gasteiger partial charge in [0.15, 0.2) is 5.82 Å². The highest BCUT2D eigenvalue weighted by molar-refractivity contribution is 5.75. The number of nitrogens with zero attached hydrogens (tertiary/aromatic N) is 4. The number of carbonyl (C=O) groups excluding carboxylic acids is 1. The third kappa shape index (κ3) is 2.70. The van der Waals surface area contributed by atoms with Gasteiger partial charge in [0.1, 0.15) is 12.2 Å². The Morgan fingerprint density at radius 3 is 2.84 bits per heavy atom. The monoisotopic (exact) mass is 261 g/mol. The summed E-state index contributed by atoms with van der Waals surface area (Å²) >= 11 is 0. The second-order valence-electron chi connectivity index (χ2n) is 3.99. The van der Waals surface area contributed by atoms with Crippen LogP contribution >= 0.6 is 0 Å². The van der Waals surface area contributed by atoms with Gasteiger partial charge in [-0.15, -0.1) is 5.10 Å². The van der Waals surface area contributed by atoms with Crippen molar-refractivity contribution >= 4 is 5.91 Å². The Labute approximate surface area is 109 Å². The van der Waals surface area contributed by atoms with Crippen LogP contribution < -0.4 is 11.0 Å². The Morgan fingerprint density at radius 2 is 2.21 bits per heavy atom. The molecule has 7 nitrogen and oxygen atoms in total. The molecule has 2 aromatic rings.